The zero-order valence-corrected chi connectivity index (χ0v) is 20.3. The molecule has 0 aliphatic heterocycles. The maximum absolute atomic E-state index is 12.5. The Kier molecular flexibility index (Phi) is 10.4. The van der Waals surface area contributed by atoms with Gasteiger partial charge in [-0.1, -0.05) is 63.2 Å². The quantitative estimate of drug-likeness (QED) is 0.236. The van der Waals surface area contributed by atoms with Crippen LogP contribution in [0.15, 0.2) is 36.4 Å². The molecule has 0 atom stereocenters. The predicted molar refractivity (Wildman–Crippen MR) is 133 cm³/mol. The minimum atomic E-state index is -0.180. The molecule has 2 aliphatic rings. The number of benzene rings is 1. The fourth-order valence-corrected chi connectivity index (χ4v) is 5.07. The topological polar surface area (TPSA) is 26.3 Å². The van der Waals surface area contributed by atoms with Crippen LogP contribution in [-0.4, -0.2) is 12.1 Å². The number of rotatable bonds is 8. The highest BCUT2D eigenvalue weighted by molar-refractivity contribution is 5.89. The van der Waals surface area contributed by atoms with E-state index in [0.717, 1.165) is 43.9 Å². The smallest absolute Gasteiger partial charge is 0.338 e. The van der Waals surface area contributed by atoms with E-state index in [-0.39, 0.29) is 12.1 Å². The van der Waals surface area contributed by atoms with Gasteiger partial charge in [0.25, 0.3) is 0 Å². The van der Waals surface area contributed by atoms with E-state index in [9.17, 15) is 4.79 Å². The molecule has 1 aromatic carbocycles. The Morgan fingerprint density at radius 3 is 2.34 bits per heavy atom. The van der Waals surface area contributed by atoms with Gasteiger partial charge in [0.15, 0.2) is 0 Å². The van der Waals surface area contributed by atoms with Crippen molar-refractivity contribution < 1.29 is 9.53 Å². The summed E-state index contributed by atoms with van der Waals surface area (Å²) < 4.78 is 5.79. The van der Waals surface area contributed by atoms with Crippen LogP contribution in [0, 0.1) is 29.6 Å². The van der Waals surface area contributed by atoms with E-state index >= 15 is 0 Å². The molecule has 174 valence electrons. The van der Waals surface area contributed by atoms with Crippen LogP contribution in [-0.2, 0) is 11.2 Å². The first-order chi connectivity index (χ1) is 15.7. The lowest BCUT2D eigenvalue weighted by Crippen LogP contribution is -2.24. The first-order valence-corrected chi connectivity index (χ1v) is 13.2. The van der Waals surface area contributed by atoms with Crippen LogP contribution >= 0.6 is 0 Å². The molecule has 0 bridgehead atoms. The molecular formula is C30H42O2. The lowest BCUT2D eigenvalue weighted by Gasteiger charge is -2.25. The van der Waals surface area contributed by atoms with Gasteiger partial charge in [-0.2, -0.15) is 0 Å². The number of carbonyl (C=O) groups excluding carboxylic acids is 1. The van der Waals surface area contributed by atoms with Gasteiger partial charge in [0, 0.05) is 5.92 Å². The number of ether oxygens (including phenoxy) is 1. The Morgan fingerprint density at radius 2 is 1.69 bits per heavy atom. The van der Waals surface area contributed by atoms with Crippen molar-refractivity contribution in [1.82, 2.24) is 0 Å². The van der Waals surface area contributed by atoms with E-state index in [1.165, 1.54) is 56.9 Å². The monoisotopic (exact) mass is 434 g/mol. The maximum atomic E-state index is 12.5. The zero-order valence-electron chi connectivity index (χ0n) is 20.3. The van der Waals surface area contributed by atoms with Crippen LogP contribution in [0.2, 0.25) is 0 Å². The lowest BCUT2D eigenvalue weighted by molar-refractivity contribution is 0.0188. The molecule has 0 amide bonds. The van der Waals surface area contributed by atoms with Gasteiger partial charge in [-0.15, -0.1) is 0 Å². The van der Waals surface area contributed by atoms with Gasteiger partial charge in [-0.05, 0) is 99.8 Å². The summed E-state index contributed by atoms with van der Waals surface area (Å²) >= 11 is 0. The number of aryl methyl sites for hydroxylation is 1. The second-order valence-corrected chi connectivity index (χ2v) is 9.87. The summed E-state index contributed by atoms with van der Waals surface area (Å²) in [6.45, 7) is 4.53. The Bertz CT molecular complexity index is 763. The molecule has 3 rings (SSSR count). The number of esters is 1. The molecule has 2 fully saturated rings. The maximum Gasteiger partial charge on any atom is 0.338 e. The van der Waals surface area contributed by atoms with Crippen molar-refractivity contribution in [2.45, 2.75) is 103 Å². The summed E-state index contributed by atoms with van der Waals surface area (Å²) in [6.07, 6.45) is 19.9. The number of hydrogen-bond donors (Lipinski definition) is 0. The highest BCUT2D eigenvalue weighted by Gasteiger charge is 2.23. The summed E-state index contributed by atoms with van der Waals surface area (Å²) in [6, 6.07) is 7.98. The molecule has 0 spiro atoms. The van der Waals surface area contributed by atoms with E-state index < -0.39 is 0 Å². The molecule has 2 heteroatoms. The molecule has 0 heterocycles. The Hall–Kier alpha value is -2.01. The average molecular weight is 435 g/mol. The third-order valence-corrected chi connectivity index (χ3v) is 7.41. The van der Waals surface area contributed by atoms with Crippen molar-refractivity contribution in [3.63, 3.8) is 0 Å². The van der Waals surface area contributed by atoms with Crippen LogP contribution in [0.1, 0.15) is 107 Å². The van der Waals surface area contributed by atoms with Gasteiger partial charge in [0.2, 0.25) is 0 Å². The molecule has 2 saturated carbocycles. The Morgan fingerprint density at radius 1 is 0.969 bits per heavy atom. The number of allylic oxidation sites excluding steroid dienone is 2. The Labute approximate surface area is 196 Å². The largest absolute Gasteiger partial charge is 0.459 e. The molecule has 0 saturated heterocycles. The average Bonchev–Trinajstić information content (AvgIpc) is 2.84. The van der Waals surface area contributed by atoms with Crippen LogP contribution in [0.5, 0.6) is 0 Å². The summed E-state index contributed by atoms with van der Waals surface area (Å²) in [4.78, 5) is 12.5. The first-order valence-electron chi connectivity index (χ1n) is 13.2. The van der Waals surface area contributed by atoms with Crippen molar-refractivity contribution in [3.8, 4) is 11.8 Å². The fraction of sp³-hybridized carbons (Fsp3) is 0.633. The van der Waals surface area contributed by atoms with E-state index in [2.05, 4.69) is 50.0 Å². The fourth-order valence-electron chi connectivity index (χ4n) is 5.07. The highest BCUT2D eigenvalue weighted by Crippen LogP contribution is 2.31. The second kappa shape index (κ2) is 13.5. The van der Waals surface area contributed by atoms with Gasteiger partial charge < -0.3 is 4.74 Å². The minimum Gasteiger partial charge on any atom is -0.459 e. The molecule has 32 heavy (non-hydrogen) atoms. The first kappa shape index (κ1) is 24.6. The molecule has 0 unspecified atom stereocenters. The summed E-state index contributed by atoms with van der Waals surface area (Å²) in [7, 11) is 0. The molecule has 2 aliphatic carbocycles. The SMILES string of the molecule is CCCCCc1ccc(C(=O)OC2CCC(C#C/C=C/C3CCC(CC)CC3)CC2)cc1. The van der Waals surface area contributed by atoms with Crippen LogP contribution in [0.25, 0.3) is 0 Å². The van der Waals surface area contributed by atoms with Crippen LogP contribution in [0.3, 0.4) is 0 Å². The van der Waals surface area contributed by atoms with Crippen LogP contribution < -0.4 is 0 Å². The highest BCUT2D eigenvalue weighted by atomic mass is 16.5. The zero-order chi connectivity index (χ0) is 22.6. The standard InChI is InChI=1S/C30H42O2/c1-3-5-6-9-26-16-20-28(21-17-26)30(31)32-29-22-18-27(19-23-29)11-8-7-10-25-14-12-24(4-2)13-15-25/h7,10,16-17,20-21,24-25,27,29H,3-6,9,12-15,18-19,22-23H2,1-2H3/b10-7+. The summed E-state index contributed by atoms with van der Waals surface area (Å²) in [5.74, 6) is 8.67. The van der Waals surface area contributed by atoms with Gasteiger partial charge in [-0.25, -0.2) is 4.79 Å². The predicted octanol–water partition coefficient (Wildman–Crippen LogP) is 7.91. The van der Waals surface area contributed by atoms with Gasteiger partial charge in [-0.3, -0.25) is 0 Å². The van der Waals surface area contributed by atoms with Gasteiger partial charge >= 0.3 is 5.97 Å². The number of hydrogen-bond acceptors (Lipinski definition) is 2. The Balaban J connectivity index is 1.35. The third kappa shape index (κ3) is 8.16. The van der Waals surface area contributed by atoms with E-state index in [4.69, 9.17) is 4.74 Å². The minimum absolute atomic E-state index is 0.0362. The number of unbranched alkanes of at least 4 members (excludes halogenated alkanes) is 2. The van der Waals surface area contributed by atoms with Gasteiger partial charge in [0.1, 0.15) is 6.10 Å². The molecular weight excluding hydrogens is 392 g/mol. The molecule has 2 nitrogen and oxygen atoms in total. The van der Waals surface area contributed by atoms with Crippen molar-refractivity contribution in [2.75, 3.05) is 0 Å². The van der Waals surface area contributed by atoms with E-state index in [1.54, 1.807) is 0 Å². The van der Waals surface area contributed by atoms with Crippen molar-refractivity contribution >= 4 is 5.97 Å². The van der Waals surface area contributed by atoms with Gasteiger partial charge in [0.05, 0.1) is 5.56 Å². The molecule has 0 aromatic heterocycles. The van der Waals surface area contributed by atoms with Crippen molar-refractivity contribution in [2.24, 2.45) is 17.8 Å². The van der Waals surface area contributed by atoms with Crippen molar-refractivity contribution in [3.05, 3.63) is 47.5 Å². The second-order valence-electron chi connectivity index (χ2n) is 9.87. The molecule has 0 N–H and O–H groups in total. The lowest BCUT2D eigenvalue weighted by atomic mass is 9.81. The molecule has 1 aromatic rings. The third-order valence-electron chi connectivity index (χ3n) is 7.41. The van der Waals surface area contributed by atoms with E-state index in [0.29, 0.717) is 11.5 Å². The summed E-state index contributed by atoms with van der Waals surface area (Å²) in [5.41, 5.74) is 1.97. The summed E-state index contributed by atoms with van der Waals surface area (Å²) in [5, 5.41) is 0. The molecule has 0 radical (unpaired) electrons. The number of carbonyl (C=O) groups is 1. The normalized spacial score (nSPS) is 25.8. The van der Waals surface area contributed by atoms with Crippen LogP contribution in [0.4, 0.5) is 0 Å². The van der Waals surface area contributed by atoms with Crippen molar-refractivity contribution in [1.29, 1.82) is 0 Å². The van der Waals surface area contributed by atoms with E-state index in [1.807, 2.05) is 12.1 Å².